The van der Waals surface area contributed by atoms with Gasteiger partial charge in [0.1, 0.15) is 0 Å². The Hall–Kier alpha value is -3.90. The van der Waals surface area contributed by atoms with Gasteiger partial charge in [-0.15, -0.1) is 0 Å². The monoisotopic (exact) mass is 714 g/mol. The zero-order valence-corrected chi connectivity index (χ0v) is 28.7. The number of amides is 2. The van der Waals surface area contributed by atoms with Crippen LogP contribution in [0.5, 0.6) is 0 Å². The Bertz CT molecular complexity index is 1610. The van der Waals surface area contributed by atoms with E-state index < -0.39 is 41.0 Å². The lowest BCUT2D eigenvalue weighted by Gasteiger charge is -2.48. The third kappa shape index (κ3) is 8.77. The fourth-order valence-electron chi connectivity index (χ4n) is 8.03. The van der Waals surface area contributed by atoms with Crippen molar-refractivity contribution >= 4 is 11.8 Å². The second-order valence-electron chi connectivity index (χ2n) is 14.1. The number of rotatable bonds is 7. The molecule has 51 heavy (non-hydrogen) atoms. The second-order valence-corrected chi connectivity index (χ2v) is 14.1. The van der Waals surface area contributed by atoms with Crippen LogP contribution in [0.15, 0.2) is 78.9 Å². The van der Waals surface area contributed by atoms with Crippen molar-refractivity contribution in [2.75, 3.05) is 45.8 Å². The summed E-state index contributed by atoms with van der Waals surface area (Å²) in [5, 5.41) is 0. The summed E-state index contributed by atoms with van der Waals surface area (Å²) in [7, 11) is 0. The van der Waals surface area contributed by atoms with E-state index >= 15 is 0 Å². The van der Waals surface area contributed by atoms with Crippen molar-refractivity contribution in [3.05, 3.63) is 107 Å². The van der Waals surface area contributed by atoms with Gasteiger partial charge >= 0.3 is 12.4 Å². The van der Waals surface area contributed by atoms with Gasteiger partial charge in [-0.25, -0.2) is 0 Å². The van der Waals surface area contributed by atoms with Crippen molar-refractivity contribution in [2.24, 2.45) is 0 Å². The molecule has 3 aromatic carbocycles. The second kappa shape index (κ2) is 15.4. The fourth-order valence-corrected chi connectivity index (χ4v) is 8.03. The number of carbonyl (C=O) groups is 2. The van der Waals surface area contributed by atoms with Crippen LogP contribution in [-0.4, -0.2) is 95.4 Å². The van der Waals surface area contributed by atoms with Gasteiger partial charge in [0.2, 0.25) is 5.91 Å². The minimum atomic E-state index is -5.04. The molecule has 0 N–H and O–H groups in total. The first-order valence-electron chi connectivity index (χ1n) is 17.7. The van der Waals surface area contributed by atoms with Crippen LogP contribution in [0, 0.1) is 0 Å². The number of hydrogen-bond acceptors (Lipinski definition) is 4. The number of piperidine rings is 2. The van der Waals surface area contributed by atoms with E-state index in [0.29, 0.717) is 37.9 Å². The molecule has 6 nitrogen and oxygen atoms in total. The highest BCUT2D eigenvalue weighted by Crippen LogP contribution is 2.37. The molecule has 2 amide bonds. The zero-order valence-electron chi connectivity index (χ0n) is 28.7. The van der Waals surface area contributed by atoms with Crippen molar-refractivity contribution in [3.63, 3.8) is 0 Å². The van der Waals surface area contributed by atoms with Crippen molar-refractivity contribution in [1.82, 2.24) is 19.6 Å². The molecule has 0 bridgehead atoms. The predicted molar refractivity (Wildman–Crippen MR) is 182 cm³/mol. The number of benzene rings is 3. The van der Waals surface area contributed by atoms with Gasteiger partial charge in [-0.1, -0.05) is 60.7 Å². The average molecular weight is 715 g/mol. The van der Waals surface area contributed by atoms with E-state index in [4.69, 9.17) is 0 Å². The fraction of sp³-hybridized carbons (Fsp3) is 0.487. The van der Waals surface area contributed by atoms with Gasteiger partial charge in [0, 0.05) is 69.5 Å². The van der Waals surface area contributed by atoms with Gasteiger partial charge in [-0.3, -0.25) is 19.4 Å². The Balaban J connectivity index is 1.12. The SMILES string of the molecule is C[C@@H](C(=O)N1CCCC(N2CCN([C@H]3CCN(C(=O)c4cc(C(F)(F)F)cc(C(F)(F)F)c4)[C@H](Cc4ccccc4)C3)CC2)C1)c1ccccc1. The first-order valence-corrected chi connectivity index (χ1v) is 17.7. The maximum Gasteiger partial charge on any atom is 0.416 e. The minimum Gasteiger partial charge on any atom is -0.341 e. The number of carbonyl (C=O) groups excluding carboxylic acids is 2. The molecule has 3 aliphatic heterocycles. The first kappa shape index (κ1) is 36.9. The minimum absolute atomic E-state index is 0.0536. The van der Waals surface area contributed by atoms with Crippen LogP contribution in [-0.2, 0) is 23.6 Å². The Morgan fingerprint density at radius 2 is 1.29 bits per heavy atom. The molecule has 0 radical (unpaired) electrons. The molecule has 3 aliphatic rings. The highest BCUT2D eigenvalue weighted by molar-refractivity contribution is 5.95. The topological polar surface area (TPSA) is 47.1 Å². The largest absolute Gasteiger partial charge is 0.416 e. The van der Waals surface area contributed by atoms with Gasteiger partial charge in [0.05, 0.1) is 17.0 Å². The molecular formula is C39H44F6N4O2. The number of hydrogen-bond donors (Lipinski definition) is 0. The van der Waals surface area contributed by atoms with Gasteiger partial charge in [-0.2, -0.15) is 26.3 Å². The maximum atomic E-state index is 13.8. The first-order chi connectivity index (χ1) is 24.3. The predicted octanol–water partition coefficient (Wildman–Crippen LogP) is 7.35. The van der Waals surface area contributed by atoms with E-state index in [9.17, 15) is 35.9 Å². The highest BCUT2D eigenvalue weighted by Gasteiger charge is 2.41. The summed E-state index contributed by atoms with van der Waals surface area (Å²) in [6, 6.07) is 20.3. The Morgan fingerprint density at radius 3 is 1.88 bits per heavy atom. The van der Waals surface area contributed by atoms with E-state index in [1.807, 2.05) is 72.5 Å². The number of halogens is 6. The lowest BCUT2D eigenvalue weighted by molar-refractivity contribution is -0.143. The van der Waals surface area contributed by atoms with Crippen LogP contribution in [0.3, 0.4) is 0 Å². The van der Waals surface area contributed by atoms with Crippen molar-refractivity contribution in [2.45, 2.75) is 75.4 Å². The Labute approximate surface area is 295 Å². The smallest absolute Gasteiger partial charge is 0.341 e. The van der Waals surface area contributed by atoms with Crippen molar-refractivity contribution < 1.29 is 35.9 Å². The number of likely N-dealkylation sites (tertiary alicyclic amines) is 2. The third-order valence-corrected chi connectivity index (χ3v) is 10.9. The van der Waals surface area contributed by atoms with Crippen LogP contribution < -0.4 is 0 Å². The van der Waals surface area contributed by atoms with Crippen LogP contribution in [0.4, 0.5) is 26.3 Å². The Kier molecular flexibility index (Phi) is 11.1. The van der Waals surface area contributed by atoms with Crippen LogP contribution in [0.25, 0.3) is 0 Å². The normalized spacial score (nSPS) is 23.2. The molecule has 0 aliphatic carbocycles. The molecule has 0 spiro atoms. The molecule has 274 valence electrons. The van der Waals surface area contributed by atoms with Crippen LogP contribution >= 0.6 is 0 Å². The van der Waals surface area contributed by atoms with E-state index in [1.54, 1.807) is 0 Å². The molecule has 3 fully saturated rings. The summed E-state index contributed by atoms with van der Waals surface area (Å²) >= 11 is 0. The maximum absolute atomic E-state index is 13.8. The highest BCUT2D eigenvalue weighted by atomic mass is 19.4. The van der Waals surface area contributed by atoms with Gasteiger partial charge in [-0.05, 0) is 68.4 Å². The lowest BCUT2D eigenvalue weighted by atomic mass is 9.90. The molecule has 4 atom stereocenters. The summed E-state index contributed by atoms with van der Waals surface area (Å²) in [6.07, 6.45) is -6.57. The van der Waals surface area contributed by atoms with Gasteiger partial charge in [0.25, 0.3) is 5.91 Å². The molecule has 3 heterocycles. The molecule has 0 saturated carbocycles. The summed E-state index contributed by atoms with van der Waals surface area (Å²) in [6.45, 7) is 6.88. The summed E-state index contributed by atoms with van der Waals surface area (Å²) in [5.41, 5.74) is -1.66. The molecule has 3 saturated heterocycles. The summed E-state index contributed by atoms with van der Waals surface area (Å²) in [4.78, 5) is 35.6. The molecule has 1 unspecified atom stereocenters. The van der Waals surface area contributed by atoms with Crippen LogP contribution in [0.2, 0.25) is 0 Å². The lowest BCUT2D eigenvalue weighted by Crippen LogP contribution is -2.59. The number of nitrogens with zero attached hydrogens (tertiary/aromatic N) is 4. The van der Waals surface area contributed by atoms with Crippen molar-refractivity contribution in [1.29, 1.82) is 0 Å². The van der Waals surface area contributed by atoms with Crippen LogP contribution in [0.1, 0.15) is 71.1 Å². The van der Waals surface area contributed by atoms with E-state index in [1.165, 1.54) is 4.90 Å². The number of piperazine rings is 1. The average Bonchev–Trinajstić information content (AvgIpc) is 3.14. The van der Waals surface area contributed by atoms with E-state index in [-0.39, 0.29) is 36.5 Å². The van der Waals surface area contributed by atoms with Crippen molar-refractivity contribution in [3.8, 4) is 0 Å². The molecule has 12 heteroatoms. The molecular weight excluding hydrogens is 670 g/mol. The van der Waals surface area contributed by atoms with Gasteiger partial charge < -0.3 is 9.80 Å². The third-order valence-electron chi connectivity index (χ3n) is 10.9. The summed E-state index contributed by atoms with van der Waals surface area (Å²) in [5.74, 6) is -0.882. The van der Waals surface area contributed by atoms with E-state index in [0.717, 1.165) is 56.7 Å². The summed E-state index contributed by atoms with van der Waals surface area (Å²) < 4.78 is 81.8. The molecule has 0 aromatic heterocycles. The quantitative estimate of drug-likeness (QED) is 0.240. The van der Waals surface area contributed by atoms with E-state index in [2.05, 4.69) is 9.80 Å². The zero-order chi connectivity index (χ0) is 36.3. The Morgan fingerprint density at radius 1 is 0.725 bits per heavy atom. The molecule has 3 aromatic rings. The standard InChI is InChI=1S/C39H44F6N4O2/c1-27(29-11-6-3-7-12-29)36(50)48-15-8-13-34(26-48)47-19-17-46(18-20-47)33-14-16-49(35(25-33)21-28-9-4-2-5-10-28)37(51)30-22-31(38(40,41)42)24-32(23-30)39(43,44)45/h2-7,9-12,22-24,27,33-35H,8,13-21,25-26H2,1H3/t27-,33+,34?,35-/m1/s1. The van der Waals surface area contributed by atoms with Gasteiger partial charge in [0.15, 0.2) is 0 Å². The molecule has 6 rings (SSSR count). The number of alkyl halides is 6.